The molecule has 7 heteroatoms. The third-order valence-electron chi connectivity index (χ3n) is 2.80. The SMILES string of the molecule is COc1cc(NC(=O)C2=COCCO2)cc(OC)c1OC. The second kappa shape index (κ2) is 6.74. The summed E-state index contributed by atoms with van der Waals surface area (Å²) >= 11 is 0. The number of ether oxygens (including phenoxy) is 5. The van der Waals surface area contributed by atoms with E-state index >= 15 is 0 Å². The Morgan fingerprint density at radius 3 is 2.24 bits per heavy atom. The summed E-state index contributed by atoms with van der Waals surface area (Å²) in [6, 6.07) is 3.26. The quantitative estimate of drug-likeness (QED) is 0.888. The van der Waals surface area contributed by atoms with Crippen molar-refractivity contribution >= 4 is 11.6 Å². The van der Waals surface area contributed by atoms with Gasteiger partial charge in [0.1, 0.15) is 19.5 Å². The Morgan fingerprint density at radius 1 is 1.10 bits per heavy atom. The normalized spacial score (nSPS) is 13.4. The molecule has 1 heterocycles. The Bertz CT molecular complexity index is 529. The number of benzene rings is 1. The van der Waals surface area contributed by atoms with Gasteiger partial charge < -0.3 is 29.0 Å². The maximum atomic E-state index is 12.0. The fourth-order valence-corrected chi connectivity index (χ4v) is 1.83. The zero-order chi connectivity index (χ0) is 15.2. The predicted octanol–water partition coefficient (Wildman–Crippen LogP) is 1.54. The van der Waals surface area contributed by atoms with Crippen molar-refractivity contribution in [1.82, 2.24) is 0 Å². The minimum Gasteiger partial charge on any atom is -0.494 e. The molecule has 1 aliphatic rings. The van der Waals surface area contributed by atoms with Crippen molar-refractivity contribution in [3.8, 4) is 17.2 Å². The Morgan fingerprint density at radius 2 is 1.76 bits per heavy atom. The molecule has 0 fully saturated rings. The van der Waals surface area contributed by atoms with Crippen molar-refractivity contribution in [2.75, 3.05) is 39.9 Å². The van der Waals surface area contributed by atoms with Crippen molar-refractivity contribution < 1.29 is 28.5 Å². The van der Waals surface area contributed by atoms with E-state index < -0.39 is 5.91 Å². The maximum absolute atomic E-state index is 12.0. The van der Waals surface area contributed by atoms with Crippen molar-refractivity contribution in [3.05, 3.63) is 24.2 Å². The number of anilines is 1. The number of hydrogen-bond donors (Lipinski definition) is 1. The molecule has 1 amide bonds. The molecule has 1 aromatic carbocycles. The van der Waals surface area contributed by atoms with Gasteiger partial charge in [-0.05, 0) is 0 Å². The first kappa shape index (κ1) is 14.8. The highest BCUT2D eigenvalue weighted by atomic mass is 16.6. The van der Waals surface area contributed by atoms with E-state index in [0.29, 0.717) is 36.1 Å². The fraction of sp³-hybridized carbons (Fsp3) is 0.357. The van der Waals surface area contributed by atoms with Crippen LogP contribution in [0.25, 0.3) is 0 Å². The van der Waals surface area contributed by atoms with Gasteiger partial charge in [-0.3, -0.25) is 4.79 Å². The van der Waals surface area contributed by atoms with Gasteiger partial charge in [-0.2, -0.15) is 0 Å². The molecule has 0 aliphatic carbocycles. The Kier molecular flexibility index (Phi) is 4.76. The van der Waals surface area contributed by atoms with Gasteiger partial charge in [-0.1, -0.05) is 0 Å². The van der Waals surface area contributed by atoms with Crippen molar-refractivity contribution in [2.24, 2.45) is 0 Å². The van der Waals surface area contributed by atoms with Crippen LogP contribution in [-0.2, 0) is 14.3 Å². The lowest BCUT2D eigenvalue weighted by Gasteiger charge is -2.17. The van der Waals surface area contributed by atoms with Crippen LogP contribution in [0.2, 0.25) is 0 Å². The fourth-order valence-electron chi connectivity index (χ4n) is 1.83. The van der Waals surface area contributed by atoms with E-state index in [2.05, 4.69) is 5.32 Å². The highest BCUT2D eigenvalue weighted by Gasteiger charge is 2.18. The summed E-state index contributed by atoms with van der Waals surface area (Å²) < 4.78 is 25.9. The number of rotatable bonds is 5. The van der Waals surface area contributed by atoms with Crippen LogP contribution in [0.1, 0.15) is 0 Å². The molecule has 0 unspecified atom stereocenters. The van der Waals surface area contributed by atoms with E-state index in [9.17, 15) is 4.79 Å². The summed E-state index contributed by atoms with van der Waals surface area (Å²) in [5, 5.41) is 2.68. The average Bonchev–Trinajstić information content (AvgIpc) is 2.54. The molecule has 0 saturated heterocycles. The van der Waals surface area contributed by atoms with E-state index in [-0.39, 0.29) is 5.76 Å². The lowest BCUT2D eigenvalue weighted by Crippen LogP contribution is -2.21. The number of hydrogen-bond acceptors (Lipinski definition) is 6. The van der Waals surface area contributed by atoms with E-state index in [0.717, 1.165) is 0 Å². The van der Waals surface area contributed by atoms with Crippen LogP contribution >= 0.6 is 0 Å². The van der Waals surface area contributed by atoms with Crippen LogP contribution in [0.4, 0.5) is 5.69 Å². The number of carbonyl (C=O) groups is 1. The van der Waals surface area contributed by atoms with Gasteiger partial charge in [0.15, 0.2) is 11.5 Å². The third kappa shape index (κ3) is 3.31. The number of nitrogens with one attached hydrogen (secondary N) is 1. The standard InChI is InChI=1S/C14H17NO6/c1-17-10-6-9(7-11(18-2)13(10)19-3)15-14(16)12-8-20-4-5-21-12/h6-8H,4-5H2,1-3H3,(H,15,16). The molecule has 0 bridgehead atoms. The number of amides is 1. The van der Waals surface area contributed by atoms with Crippen LogP contribution in [0.15, 0.2) is 24.2 Å². The zero-order valence-electron chi connectivity index (χ0n) is 12.1. The number of methoxy groups -OCH3 is 3. The molecule has 2 rings (SSSR count). The van der Waals surface area contributed by atoms with E-state index in [1.807, 2.05) is 0 Å². The van der Waals surface area contributed by atoms with E-state index in [1.165, 1.54) is 27.6 Å². The van der Waals surface area contributed by atoms with Crippen LogP contribution in [0.3, 0.4) is 0 Å². The summed E-state index contributed by atoms with van der Waals surface area (Å²) in [6.45, 7) is 0.773. The van der Waals surface area contributed by atoms with Crippen molar-refractivity contribution in [2.45, 2.75) is 0 Å². The van der Waals surface area contributed by atoms with Gasteiger partial charge in [0, 0.05) is 17.8 Å². The molecule has 0 aromatic heterocycles. The highest BCUT2D eigenvalue weighted by Crippen LogP contribution is 2.40. The molecule has 1 aliphatic heterocycles. The highest BCUT2D eigenvalue weighted by molar-refractivity contribution is 6.02. The molecule has 0 spiro atoms. The van der Waals surface area contributed by atoms with Crippen LogP contribution in [0, 0.1) is 0 Å². The summed E-state index contributed by atoms with van der Waals surface area (Å²) in [5.74, 6) is 1.05. The minimum atomic E-state index is -0.413. The Balaban J connectivity index is 2.23. The zero-order valence-corrected chi connectivity index (χ0v) is 12.1. The van der Waals surface area contributed by atoms with Crippen molar-refractivity contribution in [3.63, 3.8) is 0 Å². The summed E-state index contributed by atoms with van der Waals surface area (Å²) in [6.07, 6.45) is 1.29. The Hall–Kier alpha value is -2.57. The first-order chi connectivity index (χ1) is 10.2. The lowest BCUT2D eigenvalue weighted by molar-refractivity contribution is -0.117. The van der Waals surface area contributed by atoms with Gasteiger partial charge in [0.25, 0.3) is 5.91 Å². The summed E-state index contributed by atoms with van der Waals surface area (Å²) in [4.78, 5) is 12.0. The molecule has 114 valence electrons. The Labute approximate surface area is 122 Å². The van der Waals surface area contributed by atoms with Crippen LogP contribution in [0.5, 0.6) is 17.2 Å². The summed E-state index contributed by atoms with van der Waals surface area (Å²) in [5.41, 5.74) is 0.490. The first-order valence-electron chi connectivity index (χ1n) is 6.25. The first-order valence-corrected chi connectivity index (χ1v) is 6.25. The molecule has 1 N–H and O–H groups in total. The van der Waals surface area contributed by atoms with Gasteiger partial charge in [-0.25, -0.2) is 0 Å². The largest absolute Gasteiger partial charge is 0.494 e. The van der Waals surface area contributed by atoms with E-state index in [1.54, 1.807) is 12.1 Å². The molecule has 21 heavy (non-hydrogen) atoms. The molecule has 7 nitrogen and oxygen atoms in total. The molecule has 0 atom stereocenters. The van der Waals surface area contributed by atoms with Crippen molar-refractivity contribution in [1.29, 1.82) is 0 Å². The molecule has 0 saturated carbocycles. The topological polar surface area (TPSA) is 75.3 Å². The van der Waals surface area contributed by atoms with Crippen LogP contribution in [-0.4, -0.2) is 40.5 Å². The monoisotopic (exact) mass is 295 g/mol. The van der Waals surface area contributed by atoms with Gasteiger partial charge in [0.2, 0.25) is 11.5 Å². The second-order valence-electron chi connectivity index (χ2n) is 4.07. The third-order valence-corrected chi connectivity index (χ3v) is 2.80. The predicted molar refractivity (Wildman–Crippen MR) is 74.7 cm³/mol. The molecular formula is C14H17NO6. The molecule has 0 radical (unpaired) electrons. The summed E-state index contributed by atoms with van der Waals surface area (Å²) in [7, 11) is 4.52. The maximum Gasteiger partial charge on any atom is 0.294 e. The van der Waals surface area contributed by atoms with Gasteiger partial charge in [-0.15, -0.1) is 0 Å². The lowest BCUT2D eigenvalue weighted by atomic mass is 10.2. The average molecular weight is 295 g/mol. The smallest absolute Gasteiger partial charge is 0.294 e. The minimum absolute atomic E-state index is 0.120. The van der Waals surface area contributed by atoms with E-state index in [4.69, 9.17) is 23.7 Å². The second-order valence-corrected chi connectivity index (χ2v) is 4.07. The van der Waals surface area contributed by atoms with Gasteiger partial charge in [0.05, 0.1) is 21.3 Å². The molecular weight excluding hydrogens is 278 g/mol. The van der Waals surface area contributed by atoms with Crippen LogP contribution < -0.4 is 19.5 Å². The molecule has 1 aromatic rings. The number of carbonyl (C=O) groups excluding carboxylic acids is 1. The van der Waals surface area contributed by atoms with Gasteiger partial charge >= 0.3 is 0 Å².